The fourth-order valence-electron chi connectivity index (χ4n) is 4.35. The minimum Gasteiger partial charge on any atom is -0.460 e. The van der Waals surface area contributed by atoms with Crippen LogP contribution < -0.4 is 0 Å². The molecular formula is C41H62O15. The van der Waals surface area contributed by atoms with E-state index in [-0.39, 0.29) is 19.2 Å². The Morgan fingerprint density at radius 2 is 0.696 bits per heavy atom. The first kappa shape index (κ1) is 48.8. The predicted molar refractivity (Wildman–Crippen MR) is 207 cm³/mol. The Morgan fingerprint density at radius 1 is 0.393 bits per heavy atom. The van der Waals surface area contributed by atoms with E-state index in [4.69, 9.17) is 61.6 Å². The minimum absolute atomic E-state index is 0.169. The van der Waals surface area contributed by atoms with E-state index in [9.17, 15) is 9.59 Å². The fraction of sp³-hybridized carbons (Fsp3) is 0.610. The Labute approximate surface area is 331 Å². The lowest BCUT2D eigenvalue weighted by molar-refractivity contribution is -0.140. The quantitative estimate of drug-likeness (QED) is 0.0547. The maximum Gasteiger partial charge on any atom is 0.338 e. The zero-order chi connectivity index (χ0) is 40.0. The Balaban J connectivity index is 1.18. The molecule has 0 unspecified atom stereocenters. The number of hydrogen-bond acceptors (Lipinski definition) is 15. The van der Waals surface area contributed by atoms with Crippen molar-refractivity contribution in [2.75, 3.05) is 159 Å². The number of carbonyl (C=O) groups is 2. The number of hydrogen-bond donors (Lipinski definition) is 0. The van der Waals surface area contributed by atoms with Gasteiger partial charge in [0.1, 0.15) is 13.2 Å². The van der Waals surface area contributed by atoms with Gasteiger partial charge in [0.15, 0.2) is 0 Å². The molecule has 2 aromatic carbocycles. The molecule has 0 aliphatic rings. The minimum atomic E-state index is -0.418. The van der Waals surface area contributed by atoms with Crippen molar-refractivity contribution in [2.24, 2.45) is 0 Å². The molecule has 0 aliphatic carbocycles. The molecule has 2 rings (SSSR count). The summed E-state index contributed by atoms with van der Waals surface area (Å²) in [6.45, 7) is 15.3. The van der Waals surface area contributed by atoms with Crippen LogP contribution in [0.15, 0.2) is 66.7 Å². The summed E-state index contributed by atoms with van der Waals surface area (Å²) >= 11 is 0. The second-order valence-electron chi connectivity index (χ2n) is 11.7. The van der Waals surface area contributed by atoms with Crippen molar-refractivity contribution >= 4 is 11.9 Å². The molecular weight excluding hydrogens is 732 g/mol. The van der Waals surface area contributed by atoms with Gasteiger partial charge < -0.3 is 61.6 Å². The average molecular weight is 795 g/mol. The Morgan fingerprint density at radius 3 is 1.04 bits per heavy atom. The second kappa shape index (κ2) is 36.0. The van der Waals surface area contributed by atoms with Crippen LogP contribution in [-0.2, 0) is 66.4 Å². The van der Waals surface area contributed by atoms with Crippen molar-refractivity contribution in [3.8, 4) is 11.1 Å². The van der Waals surface area contributed by atoms with Crippen LogP contribution in [0.25, 0.3) is 11.1 Å². The zero-order valence-electron chi connectivity index (χ0n) is 33.0. The molecule has 0 aromatic heterocycles. The third-order valence-electron chi connectivity index (χ3n) is 7.20. The van der Waals surface area contributed by atoms with E-state index < -0.39 is 5.97 Å². The van der Waals surface area contributed by atoms with E-state index in [1.165, 1.54) is 0 Å². The number of esters is 2. The maximum atomic E-state index is 12.4. The molecule has 0 saturated heterocycles. The van der Waals surface area contributed by atoms with Crippen LogP contribution in [0.2, 0.25) is 0 Å². The normalized spacial score (nSPS) is 11.2. The highest BCUT2D eigenvalue weighted by Crippen LogP contribution is 2.20. The molecule has 2 aromatic rings. The maximum absolute atomic E-state index is 12.4. The molecule has 0 bridgehead atoms. The summed E-state index contributed by atoms with van der Waals surface area (Å²) < 4.78 is 70.3. The highest BCUT2D eigenvalue weighted by atomic mass is 16.6. The Hall–Kier alpha value is -3.32. The van der Waals surface area contributed by atoms with Gasteiger partial charge in [-0.05, 0) is 30.2 Å². The lowest BCUT2D eigenvalue weighted by Gasteiger charge is -2.09. The predicted octanol–water partition coefficient (Wildman–Crippen LogP) is 3.81. The molecule has 0 atom stereocenters. The van der Waals surface area contributed by atoms with E-state index in [1.54, 1.807) is 13.0 Å². The lowest BCUT2D eigenvalue weighted by atomic mass is 10.0. The van der Waals surface area contributed by atoms with Gasteiger partial charge in [0, 0.05) is 5.57 Å². The van der Waals surface area contributed by atoms with Gasteiger partial charge in [0.05, 0.1) is 151 Å². The van der Waals surface area contributed by atoms with E-state index in [1.807, 2.05) is 48.5 Å². The van der Waals surface area contributed by atoms with Crippen LogP contribution in [0.5, 0.6) is 0 Å². The summed E-state index contributed by atoms with van der Waals surface area (Å²) in [7, 11) is 0. The largest absolute Gasteiger partial charge is 0.460 e. The van der Waals surface area contributed by atoms with Gasteiger partial charge in [-0.3, -0.25) is 0 Å². The van der Waals surface area contributed by atoms with E-state index >= 15 is 0 Å². The topological polar surface area (TPSA) is 154 Å². The molecule has 0 amide bonds. The van der Waals surface area contributed by atoms with Crippen molar-refractivity contribution in [3.05, 3.63) is 72.3 Å². The summed E-state index contributed by atoms with van der Waals surface area (Å²) in [5.41, 5.74) is 2.88. The molecule has 0 saturated carbocycles. The molecule has 0 aliphatic heterocycles. The van der Waals surface area contributed by atoms with Crippen LogP contribution in [0.4, 0.5) is 0 Å². The molecule has 15 nitrogen and oxygen atoms in total. The first-order chi connectivity index (χ1) is 27.6. The summed E-state index contributed by atoms with van der Waals surface area (Å²) in [5, 5.41) is 0. The van der Waals surface area contributed by atoms with E-state index in [0.29, 0.717) is 156 Å². The standard InChI is InChI=1S/C41H62O15/c1-36(2)40(42)55-33-31-53-29-27-51-25-23-49-21-19-47-17-15-45-13-11-44-12-14-46-16-18-48-20-22-50-24-26-52-28-30-54-32-34-56-41(43)39-10-6-9-38(35-39)37-7-4-3-5-8-37/h3-10,35H,1,11-34H2,2H3. The van der Waals surface area contributed by atoms with Crippen LogP contribution >= 0.6 is 0 Å². The van der Waals surface area contributed by atoms with Crippen molar-refractivity contribution in [2.45, 2.75) is 6.92 Å². The van der Waals surface area contributed by atoms with Gasteiger partial charge in [0.2, 0.25) is 0 Å². The fourth-order valence-corrected chi connectivity index (χ4v) is 4.35. The van der Waals surface area contributed by atoms with Gasteiger partial charge in [-0.15, -0.1) is 0 Å². The molecule has 0 radical (unpaired) electrons. The monoisotopic (exact) mass is 794 g/mol. The van der Waals surface area contributed by atoms with Crippen molar-refractivity contribution < 1.29 is 71.2 Å². The van der Waals surface area contributed by atoms with Gasteiger partial charge in [-0.1, -0.05) is 49.0 Å². The number of rotatable bonds is 39. The number of ether oxygens (including phenoxy) is 13. The zero-order valence-corrected chi connectivity index (χ0v) is 33.0. The molecule has 56 heavy (non-hydrogen) atoms. The molecule has 0 heterocycles. The summed E-state index contributed by atoms with van der Waals surface area (Å²) in [4.78, 5) is 23.6. The lowest BCUT2D eigenvalue weighted by Crippen LogP contribution is -2.16. The van der Waals surface area contributed by atoms with Crippen molar-refractivity contribution in [1.29, 1.82) is 0 Å². The first-order valence-corrected chi connectivity index (χ1v) is 19.1. The highest BCUT2D eigenvalue weighted by Gasteiger charge is 2.09. The Bertz CT molecular complexity index is 1250. The average Bonchev–Trinajstić information content (AvgIpc) is 3.22. The second-order valence-corrected chi connectivity index (χ2v) is 11.7. The highest BCUT2D eigenvalue weighted by molar-refractivity contribution is 5.91. The molecule has 316 valence electrons. The molecule has 0 fully saturated rings. The third kappa shape index (κ3) is 28.1. The summed E-state index contributed by atoms with van der Waals surface area (Å²) in [6.07, 6.45) is 0. The van der Waals surface area contributed by atoms with Crippen molar-refractivity contribution in [1.82, 2.24) is 0 Å². The van der Waals surface area contributed by atoms with Crippen LogP contribution in [0.1, 0.15) is 17.3 Å². The van der Waals surface area contributed by atoms with E-state index in [2.05, 4.69) is 6.58 Å². The Kier molecular flexibility index (Phi) is 31.4. The van der Waals surface area contributed by atoms with Crippen LogP contribution in [0, 0.1) is 0 Å². The van der Waals surface area contributed by atoms with Crippen molar-refractivity contribution in [3.63, 3.8) is 0 Å². The first-order valence-electron chi connectivity index (χ1n) is 19.1. The number of benzene rings is 2. The SMILES string of the molecule is C=C(C)C(=O)OCCOCCOCCOCCOCCOCCOCCOCCOCCOCCOCCOCCOC(=O)c1cccc(-c2ccccc2)c1. The molecule has 15 heteroatoms. The van der Waals surface area contributed by atoms with E-state index in [0.717, 1.165) is 11.1 Å². The summed E-state index contributed by atoms with van der Waals surface area (Å²) in [6, 6.07) is 17.3. The summed E-state index contributed by atoms with van der Waals surface area (Å²) in [5.74, 6) is -0.795. The third-order valence-corrected chi connectivity index (χ3v) is 7.20. The molecule has 0 N–H and O–H groups in total. The van der Waals surface area contributed by atoms with Gasteiger partial charge in [0.25, 0.3) is 0 Å². The molecule has 0 spiro atoms. The van der Waals surface area contributed by atoms with Gasteiger partial charge >= 0.3 is 11.9 Å². The van der Waals surface area contributed by atoms with Crippen LogP contribution in [0.3, 0.4) is 0 Å². The smallest absolute Gasteiger partial charge is 0.338 e. The van der Waals surface area contributed by atoms with Gasteiger partial charge in [-0.2, -0.15) is 0 Å². The number of carbonyl (C=O) groups excluding carboxylic acids is 2. The van der Waals surface area contributed by atoms with Crippen LogP contribution in [-0.4, -0.2) is 171 Å². The van der Waals surface area contributed by atoms with Gasteiger partial charge in [-0.25, -0.2) is 9.59 Å².